The molecule has 0 aromatic heterocycles. The number of ether oxygens (including phenoxy) is 1. The van der Waals surface area contributed by atoms with Gasteiger partial charge in [0.1, 0.15) is 6.10 Å². The van der Waals surface area contributed by atoms with E-state index in [1.807, 2.05) is 6.08 Å². The molecule has 0 radical (unpaired) electrons. The third kappa shape index (κ3) is 1.98. The summed E-state index contributed by atoms with van der Waals surface area (Å²) in [6.45, 7) is 4.57. The van der Waals surface area contributed by atoms with E-state index in [0.29, 0.717) is 35.7 Å². The quantitative estimate of drug-likeness (QED) is 0.740. The third-order valence-electron chi connectivity index (χ3n) is 7.96. The zero-order valence-corrected chi connectivity index (χ0v) is 14.6. The molecule has 3 nitrogen and oxygen atoms in total. The van der Waals surface area contributed by atoms with Gasteiger partial charge in [-0.2, -0.15) is 0 Å². The lowest BCUT2D eigenvalue weighted by Gasteiger charge is -2.56. The van der Waals surface area contributed by atoms with Crippen LogP contribution in [-0.4, -0.2) is 24.8 Å². The molecule has 0 aromatic rings. The van der Waals surface area contributed by atoms with Gasteiger partial charge in [-0.15, -0.1) is 0 Å². The van der Waals surface area contributed by atoms with Gasteiger partial charge in [0.05, 0.1) is 0 Å². The van der Waals surface area contributed by atoms with Crippen LogP contribution in [0.5, 0.6) is 0 Å². The van der Waals surface area contributed by atoms with Crippen LogP contribution >= 0.6 is 0 Å². The van der Waals surface area contributed by atoms with Crippen LogP contribution in [0, 0.1) is 28.6 Å². The fraction of sp³-hybridized carbons (Fsp3) is 0.800. The smallest absolute Gasteiger partial charge is 0.167 e. The lowest BCUT2D eigenvalue weighted by atomic mass is 9.47. The van der Waals surface area contributed by atoms with E-state index in [4.69, 9.17) is 4.74 Å². The first-order valence-corrected chi connectivity index (χ1v) is 9.21. The number of hydrogen-bond donors (Lipinski definition) is 0. The number of allylic oxidation sites excluding steroid dienone is 1. The van der Waals surface area contributed by atoms with Crippen LogP contribution < -0.4 is 0 Å². The van der Waals surface area contributed by atoms with Gasteiger partial charge in [0.25, 0.3) is 0 Å². The van der Waals surface area contributed by atoms with Crippen molar-refractivity contribution in [3.05, 3.63) is 11.6 Å². The Bertz CT molecular complexity index is 592. The Hall–Kier alpha value is -0.960. The monoisotopic (exact) mass is 316 g/mol. The minimum absolute atomic E-state index is 0.177. The number of rotatable bonds is 1. The summed E-state index contributed by atoms with van der Waals surface area (Å²) < 4.78 is 5.50. The first-order chi connectivity index (χ1) is 10.9. The van der Waals surface area contributed by atoms with Crippen molar-refractivity contribution >= 4 is 11.6 Å². The summed E-state index contributed by atoms with van der Waals surface area (Å²) in [6.07, 6.45) is 8.67. The van der Waals surface area contributed by atoms with E-state index in [1.165, 1.54) is 5.57 Å². The Morgan fingerprint density at radius 2 is 1.83 bits per heavy atom. The average molecular weight is 316 g/mol. The van der Waals surface area contributed by atoms with Gasteiger partial charge in [-0.25, -0.2) is 0 Å². The summed E-state index contributed by atoms with van der Waals surface area (Å²) in [4.78, 5) is 24.6. The predicted molar refractivity (Wildman–Crippen MR) is 87.9 cm³/mol. The fourth-order valence-electron chi connectivity index (χ4n) is 6.53. The Balaban J connectivity index is 1.69. The fourth-order valence-corrected chi connectivity index (χ4v) is 6.53. The van der Waals surface area contributed by atoms with E-state index in [0.717, 1.165) is 38.5 Å². The predicted octanol–water partition coefficient (Wildman–Crippen LogP) is 3.71. The number of carbonyl (C=O) groups is 2. The Morgan fingerprint density at radius 1 is 1.04 bits per heavy atom. The van der Waals surface area contributed by atoms with E-state index in [1.54, 1.807) is 7.11 Å². The van der Waals surface area contributed by atoms with Gasteiger partial charge in [0.2, 0.25) is 0 Å². The van der Waals surface area contributed by atoms with Gasteiger partial charge in [0, 0.05) is 18.9 Å². The molecule has 4 rings (SSSR count). The van der Waals surface area contributed by atoms with Gasteiger partial charge in [-0.1, -0.05) is 19.4 Å². The maximum Gasteiger partial charge on any atom is 0.167 e. The number of fused-ring (bicyclic) bond motifs is 5. The molecular formula is C20H28O3. The van der Waals surface area contributed by atoms with Gasteiger partial charge < -0.3 is 4.74 Å². The summed E-state index contributed by atoms with van der Waals surface area (Å²) in [5, 5.41) is 0. The summed E-state index contributed by atoms with van der Waals surface area (Å²) in [5.74, 6) is 2.38. The van der Waals surface area contributed by atoms with E-state index in [2.05, 4.69) is 13.8 Å². The van der Waals surface area contributed by atoms with Gasteiger partial charge >= 0.3 is 0 Å². The van der Waals surface area contributed by atoms with Crippen molar-refractivity contribution < 1.29 is 14.3 Å². The third-order valence-corrected chi connectivity index (χ3v) is 7.96. The number of carbonyl (C=O) groups excluding carboxylic acids is 2. The Kier molecular flexibility index (Phi) is 3.39. The molecule has 0 N–H and O–H groups in total. The molecule has 3 saturated carbocycles. The topological polar surface area (TPSA) is 43.4 Å². The van der Waals surface area contributed by atoms with Crippen LogP contribution in [0.25, 0.3) is 0 Å². The highest BCUT2D eigenvalue weighted by Crippen LogP contribution is 2.64. The van der Waals surface area contributed by atoms with Crippen LogP contribution in [0.4, 0.5) is 0 Å². The van der Waals surface area contributed by atoms with Crippen molar-refractivity contribution in [3.8, 4) is 0 Å². The molecule has 6 atom stereocenters. The number of hydrogen-bond acceptors (Lipinski definition) is 3. The molecule has 23 heavy (non-hydrogen) atoms. The standard InChI is InChI=1S/C20H28O3/c1-19-8-6-13(21)10-12(19)4-5-14-15(19)7-9-20(2)16(14)11-17(23-3)18(20)22/h10,14-17H,4-9,11H2,1-3H3/t14-,15+,16+,17+,19+,20+/m1/s1. The highest BCUT2D eigenvalue weighted by Gasteiger charge is 2.61. The lowest BCUT2D eigenvalue weighted by Crippen LogP contribution is -2.50. The summed E-state index contributed by atoms with van der Waals surface area (Å²) in [6, 6.07) is 0. The molecule has 126 valence electrons. The first kappa shape index (κ1) is 15.6. The molecule has 3 fully saturated rings. The average Bonchev–Trinajstić information content (AvgIpc) is 2.79. The largest absolute Gasteiger partial charge is 0.374 e. The molecule has 0 spiro atoms. The van der Waals surface area contributed by atoms with E-state index in [9.17, 15) is 9.59 Å². The number of methoxy groups -OCH3 is 1. The lowest BCUT2D eigenvalue weighted by molar-refractivity contribution is -0.138. The van der Waals surface area contributed by atoms with Crippen LogP contribution in [0.3, 0.4) is 0 Å². The summed E-state index contributed by atoms with van der Waals surface area (Å²) in [7, 11) is 1.68. The summed E-state index contributed by atoms with van der Waals surface area (Å²) >= 11 is 0. The number of Topliss-reactive ketones (excluding diaryl/α,β-unsaturated/α-hetero) is 1. The van der Waals surface area contributed by atoms with Crippen molar-refractivity contribution in [2.45, 2.75) is 64.9 Å². The molecule has 0 unspecified atom stereocenters. The maximum absolute atomic E-state index is 12.8. The Labute approximate surface area is 138 Å². The highest BCUT2D eigenvalue weighted by molar-refractivity contribution is 5.92. The van der Waals surface area contributed by atoms with Crippen LogP contribution in [0.2, 0.25) is 0 Å². The van der Waals surface area contributed by atoms with Crippen molar-refractivity contribution in [2.24, 2.45) is 28.6 Å². The number of ketones is 2. The van der Waals surface area contributed by atoms with E-state index in [-0.39, 0.29) is 16.9 Å². The molecule has 4 aliphatic carbocycles. The van der Waals surface area contributed by atoms with Gasteiger partial charge in [0.15, 0.2) is 11.6 Å². The second-order valence-electron chi connectivity index (χ2n) is 8.75. The molecular weight excluding hydrogens is 288 g/mol. The zero-order valence-electron chi connectivity index (χ0n) is 14.6. The van der Waals surface area contributed by atoms with Crippen molar-refractivity contribution in [1.29, 1.82) is 0 Å². The zero-order chi connectivity index (χ0) is 16.4. The van der Waals surface area contributed by atoms with Crippen LogP contribution in [0.1, 0.15) is 58.8 Å². The van der Waals surface area contributed by atoms with Crippen LogP contribution in [-0.2, 0) is 14.3 Å². The van der Waals surface area contributed by atoms with Crippen molar-refractivity contribution in [1.82, 2.24) is 0 Å². The summed E-state index contributed by atoms with van der Waals surface area (Å²) in [5.41, 5.74) is 1.40. The molecule has 0 heterocycles. The molecule has 0 saturated heterocycles. The minimum Gasteiger partial charge on any atom is -0.374 e. The van der Waals surface area contributed by atoms with E-state index < -0.39 is 0 Å². The Morgan fingerprint density at radius 3 is 2.57 bits per heavy atom. The molecule has 0 bridgehead atoms. The van der Waals surface area contributed by atoms with Gasteiger partial charge in [-0.3, -0.25) is 9.59 Å². The first-order valence-electron chi connectivity index (χ1n) is 9.21. The second-order valence-corrected chi connectivity index (χ2v) is 8.75. The molecule has 0 aliphatic heterocycles. The highest BCUT2D eigenvalue weighted by atomic mass is 16.5. The molecule has 0 amide bonds. The molecule has 0 aromatic carbocycles. The van der Waals surface area contributed by atoms with Gasteiger partial charge in [-0.05, 0) is 67.8 Å². The molecule has 3 heteroatoms. The molecule has 4 aliphatic rings. The minimum atomic E-state index is -0.193. The van der Waals surface area contributed by atoms with Crippen molar-refractivity contribution in [2.75, 3.05) is 7.11 Å². The van der Waals surface area contributed by atoms with Crippen molar-refractivity contribution in [3.63, 3.8) is 0 Å². The second kappa shape index (κ2) is 5.02. The normalized spacial score (nSPS) is 49.3. The maximum atomic E-state index is 12.8. The van der Waals surface area contributed by atoms with E-state index >= 15 is 0 Å². The SMILES string of the molecule is CO[C@H]1C[C@H]2[C@@H]3CCC4=CC(=O)CC[C@]4(C)[C@H]3CC[C@]2(C)C1=O. The van der Waals surface area contributed by atoms with Crippen LogP contribution in [0.15, 0.2) is 11.6 Å².